The summed E-state index contributed by atoms with van der Waals surface area (Å²) in [6, 6.07) is 9.15. The Labute approximate surface area is 82.6 Å². The van der Waals surface area contributed by atoms with Crippen molar-refractivity contribution in [3.63, 3.8) is 0 Å². The molecule has 1 aromatic rings. The van der Waals surface area contributed by atoms with Gasteiger partial charge in [-0.2, -0.15) is 0 Å². The van der Waals surface area contributed by atoms with Crippen molar-refractivity contribution in [2.75, 3.05) is 13.6 Å². The predicted octanol–water partition coefficient (Wildman–Crippen LogP) is 1.22. The summed E-state index contributed by atoms with van der Waals surface area (Å²) in [5, 5.41) is 20.2. The topological polar surface area (TPSA) is 60.4 Å². The van der Waals surface area contributed by atoms with Crippen LogP contribution in [0.3, 0.4) is 0 Å². The number of aliphatic carboxylic acids is 1. The molecule has 0 saturated heterocycles. The summed E-state index contributed by atoms with van der Waals surface area (Å²) in [7, 11) is 1.36. The molecule has 0 heterocycles. The highest BCUT2D eigenvalue weighted by Gasteiger charge is 2.15. The van der Waals surface area contributed by atoms with Crippen molar-refractivity contribution >= 4 is 5.97 Å². The van der Waals surface area contributed by atoms with E-state index in [-0.39, 0.29) is 6.54 Å². The molecule has 0 amide bonds. The van der Waals surface area contributed by atoms with Gasteiger partial charge in [0.2, 0.25) is 0 Å². The van der Waals surface area contributed by atoms with E-state index < -0.39 is 17.2 Å². The third kappa shape index (κ3) is 3.55. The third-order valence-corrected chi connectivity index (χ3v) is 1.83. The maximum Gasteiger partial charge on any atom is 0.359 e. The zero-order valence-electron chi connectivity index (χ0n) is 8.01. The average Bonchev–Trinajstić information content (AvgIpc) is 2.02. The molecule has 0 fully saturated rings. The molecule has 0 saturated carbocycles. The summed E-state index contributed by atoms with van der Waals surface area (Å²) in [5.74, 6) is -1.07. The van der Waals surface area contributed by atoms with E-state index in [1.165, 1.54) is 7.05 Å². The fourth-order valence-electron chi connectivity index (χ4n) is 1.31. The maximum absolute atomic E-state index is 11.6. The summed E-state index contributed by atoms with van der Waals surface area (Å²) in [5.41, 5.74) is 0.853. The minimum atomic E-state index is -1.07. The number of hydrogen-bond donors (Lipinski definition) is 1. The normalized spacial score (nSPS) is 14.7. The number of hydrogen-bond acceptors (Lipinski definition) is 2. The summed E-state index contributed by atoms with van der Waals surface area (Å²) in [6.07, 6.45) is 0. The van der Waals surface area contributed by atoms with Crippen LogP contribution in [0.15, 0.2) is 30.3 Å². The van der Waals surface area contributed by atoms with Gasteiger partial charge in [-0.25, -0.2) is 4.79 Å². The van der Waals surface area contributed by atoms with Gasteiger partial charge in [-0.15, -0.1) is 0 Å². The Hall–Kier alpha value is -1.39. The van der Waals surface area contributed by atoms with Crippen molar-refractivity contribution in [1.82, 2.24) is 0 Å². The summed E-state index contributed by atoms with van der Waals surface area (Å²) in [6.45, 7) is -0.220. The number of carbonyl (C=O) groups is 1. The second-order valence-electron chi connectivity index (χ2n) is 3.49. The summed E-state index contributed by atoms with van der Waals surface area (Å²) >= 11 is 0. The van der Waals surface area contributed by atoms with Gasteiger partial charge >= 0.3 is 5.97 Å². The number of carboxylic acid groups (broad SMARTS) is 1. The van der Waals surface area contributed by atoms with E-state index >= 15 is 0 Å². The van der Waals surface area contributed by atoms with Gasteiger partial charge in [0.05, 0.1) is 7.05 Å². The molecule has 0 spiro atoms. The Balaban J connectivity index is 2.63. The van der Waals surface area contributed by atoms with Gasteiger partial charge in [0, 0.05) is 5.56 Å². The molecule has 1 N–H and O–H groups in total. The first-order valence-electron chi connectivity index (χ1n) is 4.31. The number of quaternary nitrogens is 1. The standard InChI is InChI=1S/C10H13NO3/c1-11(14,8-10(12)13)7-9-5-3-2-4-6-9/h2-6H,7-8H2,1H3,(H,12,13). The first kappa shape index (κ1) is 10.7. The smallest absolute Gasteiger partial charge is 0.359 e. The summed E-state index contributed by atoms with van der Waals surface area (Å²) in [4.78, 5) is 10.4. The molecule has 4 nitrogen and oxygen atoms in total. The molecule has 0 aliphatic rings. The number of nitrogens with zero attached hydrogens (tertiary/aromatic N) is 1. The number of benzene rings is 1. The van der Waals surface area contributed by atoms with Crippen LogP contribution in [0.25, 0.3) is 0 Å². The highest BCUT2D eigenvalue weighted by atomic mass is 16.5. The number of hydroxylamine groups is 3. The van der Waals surface area contributed by atoms with Gasteiger partial charge < -0.3 is 15.0 Å². The predicted molar refractivity (Wildman–Crippen MR) is 52.2 cm³/mol. The molecule has 1 rings (SSSR count). The quantitative estimate of drug-likeness (QED) is 0.580. The lowest BCUT2D eigenvalue weighted by Gasteiger charge is -2.36. The molecule has 0 aliphatic heterocycles. The molecular formula is C10H13NO3. The van der Waals surface area contributed by atoms with E-state index in [0.717, 1.165) is 5.56 Å². The average molecular weight is 195 g/mol. The van der Waals surface area contributed by atoms with Crippen LogP contribution < -0.4 is 0 Å². The van der Waals surface area contributed by atoms with Crippen LogP contribution >= 0.6 is 0 Å². The summed E-state index contributed by atoms with van der Waals surface area (Å²) < 4.78 is -0.778. The van der Waals surface area contributed by atoms with Gasteiger partial charge in [-0.1, -0.05) is 30.3 Å². The molecule has 0 aromatic heterocycles. The van der Waals surface area contributed by atoms with E-state index in [4.69, 9.17) is 5.11 Å². The van der Waals surface area contributed by atoms with Gasteiger partial charge in [0.25, 0.3) is 0 Å². The lowest BCUT2D eigenvalue weighted by molar-refractivity contribution is -0.866. The van der Waals surface area contributed by atoms with E-state index in [1.807, 2.05) is 30.3 Å². The Morgan fingerprint density at radius 3 is 2.50 bits per heavy atom. The molecule has 1 aromatic carbocycles. The highest BCUT2D eigenvalue weighted by Crippen LogP contribution is 2.09. The SMILES string of the molecule is C[N+]([O-])(CC(=O)O)Cc1ccccc1. The first-order valence-corrected chi connectivity index (χ1v) is 4.31. The lowest BCUT2D eigenvalue weighted by atomic mass is 10.2. The van der Waals surface area contributed by atoms with E-state index in [9.17, 15) is 10.0 Å². The minimum Gasteiger partial charge on any atom is -0.632 e. The first-order chi connectivity index (χ1) is 6.49. The second-order valence-corrected chi connectivity index (χ2v) is 3.49. The van der Waals surface area contributed by atoms with Crippen LogP contribution in [0.5, 0.6) is 0 Å². The Morgan fingerprint density at radius 1 is 1.43 bits per heavy atom. The molecule has 0 radical (unpaired) electrons. The van der Waals surface area contributed by atoms with Crippen LogP contribution in [0, 0.1) is 5.21 Å². The zero-order chi connectivity index (χ0) is 10.6. The molecular weight excluding hydrogens is 182 g/mol. The Kier molecular flexibility index (Phi) is 3.22. The zero-order valence-corrected chi connectivity index (χ0v) is 8.01. The molecule has 14 heavy (non-hydrogen) atoms. The van der Waals surface area contributed by atoms with Crippen molar-refractivity contribution in [3.05, 3.63) is 41.1 Å². The maximum atomic E-state index is 11.6. The monoisotopic (exact) mass is 195 g/mol. The molecule has 76 valence electrons. The minimum absolute atomic E-state index is 0.188. The molecule has 1 unspecified atom stereocenters. The lowest BCUT2D eigenvalue weighted by Crippen LogP contribution is -2.41. The number of likely N-dealkylation sites (N-methyl/N-ethyl adjacent to an activating group) is 1. The largest absolute Gasteiger partial charge is 0.632 e. The molecule has 0 bridgehead atoms. The molecule has 1 atom stereocenters. The number of carboxylic acids is 1. The molecule has 4 heteroatoms. The van der Waals surface area contributed by atoms with Crippen LogP contribution in [0.4, 0.5) is 0 Å². The van der Waals surface area contributed by atoms with Gasteiger partial charge in [-0.05, 0) is 0 Å². The second kappa shape index (κ2) is 4.21. The van der Waals surface area contributed by atoms with Crippen LogP contribution in [-0.2, 0) is 11.3 Å². The Bertz CT molecular complexity index is 308. The van der Waals surface area contributed by atoms with Crippen molar-refractivity contribution in [2.45, 2.75) is 6.54 Å². The van der Waals surface area contributed by atoms with Crippen molar-refractivity contribution in [1.29, 1.82) is 0 Å². The van der Waals surface area contributed by atoms with Gasteiger partial charge in [0.1, 0.15) is 6.54 Å². The van der Waals surface area contributed by atoms with E-state index in [1.54, 1.807) is 0 Å². The third-order valence-electron chi connectivity index (χ3n) is 1.83. The van der Waals surface area contributed by atoms with Gasteiger partial charge in [0.15, 0.2) is 6.54 Å². The fraction of sp³-hybridized carbons (Fsp3) is 0.300. The van der Waals surface area contributed by atoms with Gasteiger partial charge in [-0.3, -0.25) is 0 Å². The van der Waals surface area contributed by atoms with Crippen molar-refractivity contribution in [3.8, 4) is 0 Å². The van der Waals surface area contributed by atoms with E-state index in [0.29, 0.717) is 0 Å². The van der Waals surface area contributed by atoms with Crippen LogP contribution in [0.1, 0.15) is 5.56 Å². The molecule has 0 aliphatic carbocycles. The fourth-order valence-corrected chi connectivity index (χ4v) is 1.31. The van der Waals surface area contributed by atoms with E-state index in [2.05, 4.69) is 0 Å². The van der Waals surface area contributed by atoms with Crippen molar-refractivity contribution < 1.29 is 14.5 Å². The van der Waals surface area contributed by atoms with Crippen LogP contribution in [0.2, 0.25) is 0 Å². The Morgan fingerprint density at radius 2 is 2.00 bits per heavy atom. The van der Waals surface area contributed by atoms with Crippen molar-refractivity contribution in [2.24, 2.45) is 0 Å². The highest BCUT2D eigenvalue weighted by molar-refractivity contribution is 5.67. The van der Waals surface area contributed by atoms with Crippen LogP contribution in [-0.4, -0.2) is 29.3 Å². The number of rotatable bonds is 4.